The van der Waals surface area contributed by atoms with E-state index in [0.29, 0.717) is 19.5 Å². The van der Waals surface area contributed by atoms with Crippen LogP contribution in [0.1, 0.15) is 36.1 Å². The number of nitrogens with zero attached hydrogens (tertiary/aromatic N) is 1. The number of benzene rings is 1. The van der Waals surface area contributed by atoms with E-state index in [-0.39, 0.29) is 16.5 Å². The Kier molecular flexibility index (Phi) is 5.29. The molecule has 2 atom stereocenters. The molecule has 2 N–H and O–H groups in total. The molecule has 0 unspecified atom stereocenters. The van der Waals surface area contributed by atoms with Gasteiger partial charge in [0.1, 0.15) is 9.75 Å². The molecule has 2 aromatic rings. The summed E-state index contributed by atoms with van der Waals surface area (Å²) in [5.74, 6) is -1.56. The van der Waals surface area contributed by atoms with Crippen LogP contribution in [-0.2, 0) is 19.6 Å². The largest absolute Gasteiger partial charge is 0.480 e. The maximum absolute atomic E-state index is 13.0. The molecule has 0 radical (unpaired) electrons. The van der Waals surface area contributed by atoms with Gasteiger partial charge < -0.3 is 10.0 Å². The van der Waals surface area contributed by atoms with Gasteiger partial charge in [-0.25, -0.2) is 8.42 Å². The fourth-order valence-electron chi connectivity index (χ4n) is 3.85. The second kappa shape index (κ2) is 7.64. The molecule has 1 aliphatic carbocycles. The van der Waals surface area contributed by atoms with Gasteiger partial charge in [0.2, 0.25) is 5.91 Å². The second-order valence-corrected chi connectivity index (χ2v) is 10.6. The number of rotatable bonds is 6. The van der Waals surface area contributed by atoms with Crippen LogP contribution >= 0.6 is 11.3 Å². The van der Waals surface area contributed by atoms with Crippen LogP contribution in [0, 0.1) is 0 Å². The molecule has 0 spiro atoms. The summed E-state index contributed by atoms with van der Waals surface area (Å²) in [7, 11) is -3.99. The molecule has 1 aliphatic heterocycles. The van der Waals surface area contributed by atoms with Crippen LogP contribution < -0.4 is 4.72 Å². The van der Waals surface area contributed by atoms with E-state index in [9.17, 15) is 23.1 Å². The highest BCUT2D eigenvalue weighted by Gasteiger charge is 2.63. The molecule has 7 nitrogen and oxygen atoms in total. The molecule has 1 amide bonds. The lowest BCUT2D eigenvalue weighted by molar-refractivity contribution is -0.140. The Hall–Kier alpha value is -2.49. The molecular weight excluding hydrogens is 424 g/mol. The van der Waals surface area contributed by atoms with Crippen molar-refractivity contribution < 1.29 is 23.1 Å². The molecule has 0 bridgehead atoms. The van der Waals surface area contributed by atoms with E-state index in [4.69, 9.17) is 0 Å². The number of aliphatic carboxylic acids is 1. The van der Waals surface area contributed by atoms with E-state index in [0.717, 1.165) is 27.4 Å². The van der Waals surface area contributed by atoms with Crippen molar-refractivity contribution in [3.63, 3.8) is 0 Å². The highest BCUT2D eigenvalue weighted by Crippen LogP contribution is 2.52. The van der Waals surface area contributed by atoms with E-state index in [1.54, 1.807) is 11.0 Å². The van der Waals surface area contributed by atoms with Crippen molar-refractivity contribution in [2.45, 2.75) is 35.4 Å². The number of carboxylic acids is 1. The third kappa shape index (κ3) is 3.80. The Labute approximate surface area is 179 Å². The van der Waals surface area contributed by atoms with Crippen LogP contribution in [-0.4, -0.2) is 48.9 Å². The summed E-state index contributed by atoms with van der Waals surface area (Å²) in [4.78, 5) is 26.0. The molecule has 1 aromatic carbocycles. The van der Waals surface area contributed by atoms with Gasteiger partial charge in [-0.1, -0.05) is 36.4 Å². The fourth-order valence-corrected chi connectivity index (χ4v) is 6.63. The molecule has 30 heavy (non-hydrogen) atoms. The van der Waals surface area contributed by atoms with Gasteiger partial charge in [-0.15, -0.1) is 11.3 Å². The summed E-state index contributed by atoms with van der Waals surface area (Å²) in [6.07, 6.45) is 2.81. The van der Waals surface area contributed by atoms with Crippen molar-refractivity contribution in [2.24, 2.45) is 0 Å². The Morgan fingerprint density at radius 3 is 2.53 bits per heavy atom. The number of nitrogens with one attached hydrogen (secondary N) is 1. The van der Waals surface area contributed by atoms with Crippen LogP contribution in [0.15, 0.2) is 52.7 Å². The van der Waals surface area contributed by atoms with E-state index in [1.807, 2.05) is 36.4 Å². The van der Waals surface area contributed by atoms with E-state index < -0.39 is 27.4 Å². The molecular formula is C21H22N2O5S2. The van der Waals surface area contributed by atoms with Gasteiger partial charge in [0.25, 0.3) is 10.0 Å². The number of thiophene rings is 1. The summed E-state index contributed by atoms with van der Waals surface area (Å²) >= 11 is 1.12. The van der Waals surface area contributed by atoms with Gasteiger partial charge in [-0.3, -0.25) is 9.59 Å². The first-order chi connectivity index (χ1) is 14.2. The quantitative estimate of drug-likeness (QED) is 0.710. The number of carboxylic acid groups (broad SMARTS) is 1. The topological polar surface area (TPSA) is 104 Å². The number of hydrogen-bond donors (Lipinski definition) is 2. The van der Waals surface area contributed by atoms with Gasteiger partial charge in [0.05, 0.1) is 0 Å². The molecule has 4 rings (SSSR count). The Bertz CT molecular complexity index is 1120. The first kappa shape index (κ1) is 20.8. The van der Waals surface area contributed by atoms with Gasteiger partial charge in [0.15, 0.2) is 0 Å². The van der Waals surface area contributed by atoms with Crippen molar-refractivity contribution in [3.05, 3.63) is 59.0 Å². The molecule has 1 fully saturated rings. The predicted octanol–water partition coefficient (Wildman–Crippen LogP) is 2.67. The second-order valence-electron chi connectivity index (χ2n) is 7.61. The maximum atomic E-state index is 13.0. The molecule has 158 valence electrons. The number of carbonyl (C=O) groups excluding carboxylic acids is 1. The minimum Gasteiger partial charge on any atom is -0.480 e. The van der Waals surface area contributed by atoms with Crippen molar-refractivity contribution in [2.75, 3.05) is 13.1 Å². The minimum atomic E-state index is -3.99. The molecule has 2 heterocycles. The summed E-state index contributed by atoms with van der Waals surface area (Å²) in [6, 6.07) is 12.3. The lowest BCUT2D eigenvalue weighted by Crippen LogP contribution is -2.44. The minimum absolute atomic E-state index is 0.0142. The van der Waals surface area contributed by atoms with Crippen LogP contribution in [0.3, 0.4) is 0 Å². The summed E-state index contributed by atoms with van der Waals surface area (Å²) in [5.41, 5.74) is 0.286. The van der Waals surface area contributed by atoms with Gasteiger partial charge in [0, 0.05) is 30.8 Å². The Morgan fingerprint density at radius 1 is 1.20 bits per heavy atom. The zero-order valence-electron chi connectivity index (χ0n) is 16.4. The van der Waals surface area contributed by atoms with E-state index in [1.165, 1.54) is 13.0 Å². The van der Waals surface area contributed by atoms with E-state index in [2.05, 4.69) is 4.72 Å². The SMILES string of the molecule is CC(=O)N1CC=C(c2ccc(S(=O)(=O)N[C@@]3(C(=O)O)C[C@H]3c3ccccc3)s2)CC1. The third-order valence-corrected chi connectivity index (χ3v) is 8.84. The highest BCUT2D eigenvalue weighted by atomic mass is 32.2. The number of sulfonamides is 1. The van der Waals surface area contributed by atoms with E-state index >= 15 is 0 Å². The molecule has 2 aliphatic rings. The number of hydrogen-bond acceptors (Lipinski definition) is 5. The monoisotopic (exact) mass is 446 g/mol. The van der Waals surface area contributed by atoms with Crippen molar-refractivity contribution in [1.29, 1.82) is 0 Å². The standard InChI is InChI=1S/C21H22N2O5S2/c1-14(24)23-11-9-16(10-12-23)18-7-8-19(29-18)30(27,28)22-21(20(25)26)13-17(21)15-5-3-2-4-6-15/h2-9,17,22H,10-13H2,1H3,(H,25,26)/t17-,21-/m0/s1. The fraction of sp³-hybridized carbons (Fsp3) is 0.333. The summed E-state index contributed by atoms with van der Waals surface area (Å²) < 4.78 is 28.5. The van der Waals surface area contributed by atoms with Crippen molar-refractivity contribution in [3.8, 4) is 0 Å². The first-order valence-electron chi connectivity index (χ1n) is 9.60. The molecule has 0 saturated heterocycles. The molecule has 9 heteroatoms. The van der Waals surface area contributed by atoms with Crippen LogP contribution in [0.4, 0.5) is 0 Å². The van der Waals surface area contributed by atoms with Crippen molar-refractivity contribution in [1.82, 2.24) is 9.62 Å². The number of carbonyl (C=O) groups is 2. The third-order valence-electron chi connectivity index (χ3n) is 5.68. The summed E-state index contributed by atoms with van der Waals surface area (Å²) in [6.45, 7) is 2.63. The molecule has 1 saturated carbocycles. The predicted molar refractivity (Wildman–Crippen MR) is 114 cm³/mol. The highest BCUT2D eigenvalue weighted by molar-refractivity contribution is 7.91. The first-order valence-corrected chi connectivity index (χ1v) is 11.9. The summed E-state index contributed by atoms with van der Waals surface area (Å²) in [5, 5.41) is 9.76. The zero-order valence-corrected chi connectivity index (χ0v) is 18.0. The lowest BCUT2D eigenvalue weighted by atomic mass is 10.1. The van der Waals surface area contributed by atoms with Crippen molar-refractivity contribution >= 4 is 38.8 Å². The van der Waals surface area contributed by atoms with Crippen LogP contribution in [0.2, 0.25) is 0 Å². The average molecular weight is 447 g/mol. The lowest BCUT2D eigenvalue weighted by Gasteiger charge is -2.24. The smallest absolute Gasteiger partial charge is 0.325 e. The number of amides is 1. The average Bonchev–Trinajstić information content (AvgIpc) is 3.21. The van der Waals surface area contributed by atoms with Gasteiger partial charge in [-0.2, -0.15) is 4.72 Å². The van der Waals surface area contributed by atoms with Gasteiger partial charge in [-0.05, 0) is 36.1 Å². The maximum Gasteiger partial charge on any atom is 0.325 e. The zero-order chi connectivity index (χ0) is 21.5. The van der Waals surface area contributed by atoms with Crippen LogP contribution in [0.5, 0.6) is 0 Å². The Balaban J connectivity index is 1.53. The normalized spacial score (nSPS) is 23.7. The Morgan fingerprint density at radius 2 is 1.93 bits per heavy atom. The molecule has 1 aromatic heterocycles. The van der Waals surface area contributed by atoms with Gasteiger partial charge >= 0.3 is 5.97 Å². The van der Waals surface area contributed by atoms with Crippen LogP contribution in [0.25, 0.3) is 5.57 Å².